The van der Waals surface area contributed by atoms with Gasteiger partial charge >= 0.3 is 0 Å². The summed E-state index contributed by atoms with van der Waals surface area (Å²) in [5.74, 6) is 0.298. The van der Waals surface area contributed by atoms with Crippen LogP contribution in [0, 0.1) is 0 Å². The Hall–Kier alpha value is -1.62. The number of aliphatic hydroxyl groups is 1. The molecule has 1 aliphatic rings. The van der Waals surface area contributed by atoms with Crippen LogP contribution in [0.1, 0.15) is 16.8 Å². The lowest BCUT2D eigenvalue weighted by Gasteiger charge is -2.16. The Morgan fingerprint density at radius 1 is 1.60 bits per heavy atom. The number of carbonyl (C=O) groups excluding carboxylic acids is 1. The fraction of sp³-hybridized carbons (Fsp3) is 0.400. The zero-order valence-corrected chi connectivity index (χ0v) is 8.26. The maximum atomic E-state index is 10.8. The van der Waals surface area contributed by atoms with Crippen molar-refractivity contribution in [3.8, 4) is 0 Å². The van der Waals surface area contributed by atoms with Gasteiger partial charge in [-0.15, -0.1) is 0 Å². The van der Waals surface area contributed by atoms with Crippen LogP contribution in [0.2, 0.25) is 0 Å². The zero-order valence-electron chi connectivity index (χ0n) is 8.26. The number of primary amides is 1. The van der Waals surface area contributed by atoms with Crippen molar-refractivity contribution in [2.24, 2.45) is 5.73 Å². The van der Waals surface area contributed by atoms with Crippen molar-refractivity contribution in [3.05, 3.63) is 23.9 Å². The molecular weight excluding hydrogens is 194 g/mol. The highest BCUT2D eigenvalue weighted by atomic mass is 16.3. The summed E-state index contributed by atoms with van der Waals surface area (Å²) in [4.78, 5) is 16.9. The number of pyridine rings is 1. The van der Waals surface area contributed by atoms with Gasteiger partial charge in [0.2, 0.25) is 5.91 Å². The molecule has 0 radical (unpaired) electrons. The first-order valence-corrected chi connectivity index (χ1v) is 4.85. The van der Waals surface area contributed by atoms with Crippen LogP contribution in [0.15, 0.2) is 18.3 Å². The molecule has 15 heavy (non-hydrogen) atoms. The van der Waals surface area contributed by atoms with Crippen molar-refractivity contribution in [1.29, 1.82) is 0 Å². The summed E-state index contributed by atoms with van der Waals surface area (Å²) in [6.45, 7) is 1.40. The van der Waals surface area contributed by atoms with Crippen LogP contribution in [0.5, 0.6) is 0 Å². The number of hydrogen-bond donors (Lipinski definition) is 2. The predicted octanol–water partition coefficient (Wildman–Crippen LogP) is -0.249. The van der Waals surface area contributed by atoms with Crippen molar-refractivity contribution in [2.75, 3.05) is 18.0 Å². The molecule has 2 rings (SSSR count). The van der Waals surface area contributed by atoms with Crippen LogP contribution in [0.25, 0.3) is 0 Å². The van der Waals surface area contributed by atoms with E-state index >= 15 is 0 Å². The number of carbonyl (C=O) groups is 1. The molecule has 1 aromatic rings. The molecule has 1 atom stereocenters. The van der Waals surface area contributed by atoms with Crippen LogP contribution in [-0.4, -0.2) is 35.2 Å². The van der Waals surface area contributed by atoms with Gasteiger partial charge in [-0.05, 0) is 18.6 Å². The SMILES string of the molecule is NC(=O)c1ccc(N2CC[C@H](O)C2)nc1. The molecule has 3 N–H and O–H groups in total. The van der Waals surface area contributed by atoms with E-state index in [9.17, 15) is 9.90 Å². The number of aromatic nitrogens is 1. The predicted molar refractivity (Wildman–Crippen MR) is 55.6 cm³/mol. The molecule has 2 heterocycles. The maximum absolute atomic E-state index is 10.8. The van der Waals surface area contributed by atoms with Crippen LogP contribution < -0.4 is 10.6 Å². The number of hydrogen-bond acceptors (Lipinski definition) is 4. The minimum Gasteiger partial charge on any atom is -0.391 e. The Morgan fingerprint density at radius 3 is 2.87 bits per heavy atom. The molecule has 1 aromatic heterocycles. The molecule has 5 heteroatoms. The van der Waals surface area contributed by atoms with E-state index in [1.54, 1.807) is 12.1 Å². The lowest BCUT2D eigenvalue weighted by molar-refractivity contribution is 0.1000. The van der Waals surface area contributed by atoms with E-state index in [-0.39, 0.29) is 6.10 Å². The standard InChI is InChI=1S/C10H13N3O2/c11-10(15)7-1-2-9(12-5-7)13-4-3-8(14)6-13/h1-2,5,8,14H,3-4,6H2,(H2,11,15)/t8-/m0/s1. The summed E-state index contributed by atoms with van der Waals surface area (Å²) < 4.78 is 0. The van der Waals surface area contributed by atoms with Gasteiger partial charge in [0.05, 0.1) is 11.7 Å². The Kier molecular flexibility index (Phi) is 2.55. The molecule has 0 aliphatic carbocycles. The molecule has 0 spiro atoms. The van der Waals surface area contributed by atoms with E-state index in [0.29, 0.717) is 12.1 Å². The minimum atomic E-state index is -0.476. The number of β-amino-alcohol motifs (C(OH)–C–C–N with tert-alkyl or cyclic N) is 1. The minimum absolute atomic E-state index is 0.275. The number of amides is 1. The van der Waals surface area contributed by atoms with E-state index in [1.807, 2.05) is 4.90 Å². The summed E-state index contributed by atoms with van der Waals surface area (Å²) in [6.07, 6.45) is 1.95. The van der Waals surface area contributed by atoms with Crippen LogP contribution in [0.3, 0.4) is 0 Å². The summed E-state index contributed by atoms with van der Waals surface area (Å²) in [5.41, 5.74) is 5.51. The van der Waals surface area contributed by atoms with E-state index in [4.69, 9.17) is 5.73 Å². The highest BCUT2D eigenvalue weighted by Crippen LogP contribution is 2.17. The Balaban J connectivity index is 2.13. The van der Waals surface area contributed by atoms with Crippen molar-refractivity contribution in [2.45, 2.75) is 12.5 Å². The molecule has 80 valence electrons. The maximum Gasteiger partial charge on any atom is 0.250 e. The third-order valence-corrected chi connectivity index (χ3v) is 2.52. The van der Waals surface area contributed by atoms with Gasteiger partial charge in [-0.25, -0.2) is 4.98 Å². The van der Waals surface area contributed by atoms with Crippen LogP contribution >= 0.6 is 0 Å². The van der Waals surface area contributed by atoms with Gasteiger partial charge in [0.1, 0.15) is 5.82 Å². The number of aliphatic hydroxyl groups excluding tert-OH is 1. The second kappa shape index (κ2) is 3.86. The average Bonchev–Trinajstić information content (AvgIpc) is 2.65. The van der Waals surface area contributed by atoms with Crippen molar-refractivity contribution < 1.29 is 9.90 Å². The molecule has 5 nitrogen and oxygen atoms in total. The second-order valence-corrected chi connectivity index (χ2v) is 3.66. The molecule has 1 aliphatic heterocycles. The first-order chi connectivity index (χ1) is 7.16. The molecule has 0 bridgehead atoms. The van der Waals surface area contributed by atoms with E-state index in [1.165, 1.54) is 6.20 Å². The fourth-order valence-electron chi connectivity index (χ4n) is 1.67. The van der Waals surface area contributed by atoms with E-state index in [2.05, 4.69) is 4.98 Å². The fourth-order valence-corrected chi connectivity index (χ4v) is 1.67. The molecule has 0 unspecified atom stereocenters. The topological polar surface area (TPSA) is 79.5 Å². The highest BCUT2D eigenvalue weighted by Gasteiger charge is 2.21. The molecule has 1 amide bonds. The largest absolute Gasteiger partial charge is 0.391 e. The smallest absolute Gasteiger partial charge is 0.250 e. The lowest BCUT2D eigenvalue weighted by Crippen LogP contribution is -2.22. The van der Waals surface area contributed by atoms with Gasteiger partial charge in [-0.2, -0.15) is 0 Å². The molecule has 1 fully saturated rings. The van der Waals surface area contributed by atoms with Crippen molar-refractivity contribution >= 4 is 11.7 Å². The quantitative estimate of drug-likeness (QED) is 0.701. The van der Waals surface area contributed by atoms with Crippen LogP contribution in [0.4, 0.5) is 5.82 Å². The molecule has 0 saturated carbocycles. The van der Waals surface area contributed by atoms with E-state index in [0.717, 1.165) is 18.8 Å². The van der Waals surface area contributed by atoms with Gasteiger partial charge in [0, 0.05) is 19.3 Å². The zero-order chi connectivity index (χ0) is 10.8. The summed E-state index contributed by atoms with van der Waals surface area (Å²) in [5, 5.41) is 9.36. The first kappa shape index (κ1) is 9.92. The third-order valence-electron chi connectivity index (χ3n) is 2.52. The number of nitrogens with zero attached hydrogens (tertiary/aromatic N) is 2. The normalized spacial score (nSPS) is 20.6. The van der Waals surface area contributed by atoms with Crippen molar-refractivity contribution in [1.82, 2.24) is 4.98 Å². The van der Waals surface area contributed by atoms with Gasteiger partial charge in [0.25, 0.3) is 0 Å². The number of nitrogens with two attached hydrogens (primary N) is 1. The molecule has 1 saturated heterocycles. The molecule has 0 aromatic carbocycles. The number of anilines is 1. The van der Waals surface area contributed by atoms with Gasteiger partial charge in [0.15, 0.2) is 0 Å². The Bertz CT molecular complexity index is 363. The molecular formula is C10H13N3O2. The van der Waals surface area contributed by atoms with Gasteiger partial charge in [-0.3, -0.25) is 4.79 Å². The Labute approximate surface area is 87.5 Å². The summed E-state index contributed by atoms with van der Waals surface area (Å²) >= 11 is 0. The van der Waals surface area contributed by atoms with Crippen molar-refractivity contribution in [3.63, 3.8) is 0 Å². The highest BCUT2D eigenvalue weighted by molar-refractivity contribution is 5.92. The van der Waals surface area contributed by atoms with Crippen LogP contribution in [-0.2, 0) is 0 Å². The third kappa shape index (κ3) is 2.07. The van der Waals surface area contributed by atoms with Gasteiger partial charge in [-0.1, -0.05) is 0 Å². The number of rotatable bonds is 2. The monoisotopic (exact) mass is 207 g/mol. The summed E-state index contributed by atoms with van der Waals surface area (Å²) in [7, 11) is 0. The van der Waals surface area contributed by atoms with Gasteiger partial charge < -0.3 is 15.7 Å². The first-order valence-electron chi connectivity index (χ1n) is 4.85. The van der Waals surface area contributed by atoms with E-state index < -0.39 is 5.91 Å². The Morgan fingerprint density at radius 2 is 2.40 bits per heavy atom. The second-order valence-electron chi connectivity index (χ2n) is 3.66. The summed E-state index contributed by atoms with van der Waals surface area (Å²) in [6, 6.07) is 3.40. The average molecular weight is 207 g/mol. The lowest BCUT2D eigenvalue weighted by atomic mass is 10.2.